The van der Waals surface area contributed by atoms with Crippen molar-refractivity contribution < 1.29 is 9.59 Å². The molecule has 2 rings (SSSR count). The number of hydrogen-bond donors (Lipinski definition) is 2. The van der Waals surface area contributed by atoms with E-state index in [2.05, 4.69) is 16.7 Å². The Morgan fingerprint density at radius 3 is 2.77 bits per heavy atom. The second kappa shape index (κ2) is 8.76. The second-order valence-corrected chi connectivity index (χ2v) is 5.45. The summed E-state index contributed by atoms with van der Waals surface area (Å²) in [4.78, 5) is 26.0. The summed E-state index contributed by atoms with van der Waals surface area (Å²) in [6.07, 6.45) is 1.97. The van der Waals surface area contributed by atoms with Gasteiger partial charge in [-0.05, 0) is 31.5 Å². The quantitative estimate of drug-likeness (QED) is 0.859. The summed E-state index contributed by atoms with van der Waals surface area (Å²) in [6.45, 7) is 3.22. The molecule has 1 aromatic rings. The van der Waals surface area contributed by atoms with E-state index >= 15 is 0 Å². The molecule has 1 aliphatic rings. The van der Waals surface area contributed by atoms with Crippen molar-refractivity contribution in [2.45, 2.75) is 19.8 Å². The van der Waals surface area contributed by atoms with Crippen LogP contribution >= 0.6 is 12.4 Å². The first-order chi connectivity index (χ1) is 10.1. The lowest BCUT2D eigenvalue weighted by Crippen LogP contribution is -2.44. The molecule has 0 fully saturated rings. The summed E-state index contributed by atoms with van der Waals surface area (Å²) >= 11 is 0. The Bertz CT molecular complexity index is 522. The summed E-state index contributed by atoms with van der Waals surface area (Å²) in [6, 6.07) is 7.96. The van der Waals surface area contributed by atoms with Gasteiger partial charge in [0, 0.05) is 24.7 Å². The summed E-state index contributed by atoms with van der Waals surface area (Å²) in [5, 5.41) is 5.68. The first kappa shape index (κ1) is 18.5. The third-order valence-corrected chi connectivity index (χ3v) is 3.78. The number of hydrogen-bond acceptors (Lipinski definition) is 3. The fraction of sp³-hybridized carbons (Fsp3) is 0.500. The number of halogens is 1. The average Bonchev–Trinajstić information content (AvgIpc) is 2.51. The number of benzene rings is 1. The molecule has 6 heteroatoms. The van der Waals surface area contributed by atoms with Crippen LogP contribution in [0.4, 0.5) is 5.69 Å². The van der Waals surface area contributed by atoms with Crippen molar-refractivity contribution in [3.05, 3.63) is 29.8 Å². The van der Waals surface area contributed by atoms with Crippen LogP contribution in [0.15, 0.2) is 24.3 Å². The molecule has 122 valence electrons. The zero-order valence-corrected chi connectivity index (χ0v) is 13.9. The molecule has 5 nitrogen and oxygen atoms in total. The number of rotatable bonds is 5. The van der Waals surface area contributed by atoms with Gasteiger partial charge in [0.1, 0.15) is 0 Å². The van der Waals surface area contributed by atoms with Crippen LogP contribution in [0.3, 0.4) is 0 Å². The summed E-state index contributed by atoms with van der Waals surface area (Å²) in [5.74, 6) is -0.286. The summed E-state index contributed by atoms with van der Waals surface area (Å²) < 4.78 is 0. The smallest absolute Gasteiger partial charge is 0.246 e. The fourth-order valence-electron chi connectivity index (χ4n) is 2.62. The standard InChI is InChI=1S/C16H23N3O2.ClH/c1-12(10-17-2)16(21)18-11-15(20)19-9-5-7-13-6-3-4-8-14(13)19;/h3-4,6,8,12,17H,5,7,9-11H2,1-2H3,(H,18,21);1H. The van der Waals surface area contributed by atoms with E-state index in [0.29, 0.717) is 6.54 Å². The van der Waals surface area contributed by atoms with Crippen LogP contribution in [0.1, 0.15) is 18.9 Å². The molecule has 2 N–H and O–H groups in total. The monoisotopic (exact) mass is 325 g/mol. The van der Waals surface area contributed by atoms with Gasteiger partial charge in [-0.3, -0.25) is 9.59 Å². The third kappa shape index (κ3) is 4.45. The van der Waals surface area contributed by atoms with E-state index in [1.807, 2.05) is 25.1 Å². The van der Waals surface area contributed by atoms with Crippen molar-refractivity contribution in [1.82, 2.24) is 10.6 Å². The van der Waals surface area contributed by atoms with E-state index in [0.717, 1.165) is 25.1 Å². The van der Waals surface area contributed by atoms with E-state index in [1.165, 1.54) is 5.56 Å². The molecule has 1 atom stereocenters. The Kier molecular flexibility index (Phi) is 7.35. The maximum absolute atomic E-state index is 12.3. The molecule has 0 aromatic heterocycles. The maximum atomic E-state index is 12.3. The van der Waals surface area contributed by atoms with Crippen LogP contribution in [-0.4, -0.2) is 38.5 Å². The second-order valence-electron chi connectivity index (χ2n) is 5.45. The van der Waals surface area contributed by atoms with Crippen molar-refractivity contribution in [3.63, 3.8) is 0 Å². The molecule has 1 aliphatic heterocycles. The van der Waals surface area contributed by atoms with Gasteiger partial charge in [-0.1, -0.05) is 25.1 Å². The third-order valence-electron chi connectivity index (χ3n) is 3.78. The molecule has 0 radical (unpaired) electrons. The number of carbonyl (C=O) groups excluding carboxylic acids is 2. The number of carbonyl (C=O) groups is 2. The Balaban J connectivity index is 0.00000242. The summed E-state index contributed by atoms with van der Waals surface area (Å²) in [7, 11) is 1.81. The minimum Gasteiger partial charge on any atom is -0.347 e. The van der Waals surface area contributed by atoms with Crippen LogP contribution in [0.25, 0.3) is 0 Å². The molecule has 1 heterocycles. The van der Waals surface area contributed by atoms with Gasteiger partial charge < -0.3 is 15.5 Å². The highest BCUT2D eigenvalue weighted by atomic mass is 35.5. The Labute approximate surface area is 137 Å². The molecule has 2 amide bonds. The fourth-order valence-corrected chi connectivity index (χ4v) is 2.62. The van der Waals surface area contributed by atoms with Crippen LogP contribution in [0.2, 0.25) is 0 Å². The van der Waals surface area contributed by atoms with E-state index < -0.39 is 0 Å². The van der Waals surface area contributed by atoms with E-state index in [-0.39, 0.29) is 36.7 Å². The number of amides is 2. The lowest BCUT2D eigenvalue weighted by molar-refractivity contribution is -0.127. The molecule has 0 bridgehead atoms. The minimum atomic E-state index is -0.142. The van der Waals surface area contributed by atoms with Gasteiger partial charge in [-0.15, -0.1) is 12.4 Å². The van der Waals surface area contributed by atoms with E-state index in [9.17, 15) is 9.59 Å². The van der Waals surface area contributed by atoms with Gasteiger partial charge in [0.05, 0.1) is 6.54 Å². The predicted octanol–water partition coefficient (Wildman–Crippen LogP) is 1.36. The minimum absolute atomic E-state index is 0. The Hall–Kier alpha value is -1.59. The predicted molar refractivity (Wildman–Crippen MR) is 90.5 cm³/mol. The highest BCUT2D eigenvalue weighted by molar-refractivity contribution is 5.97. The molecule has 1 aromatic carbocycles. The van der Waals surface area contributed by atoms with Gasteiger partial charge in [0.2, 0.25) is 11.8 Å². The Morgan fingerprint density at radius 2 is 2.05 bits per heavy atom. The van der Waals surface area contributed by atoms with Crippen LogP contribution in [-0.2, 0) is 16.0 Å². The molecule has 0 spiro atoms. The van der Waals surface area contributed by atoms with Crippen LogP contribution in [0.5, 0.6) is 0 Å². The summed E-state index contributed by atoms with van der Waals surface area (Å²) in [5.41, 5.74) is 2.18. The van der Waals surface area contributed by atoms with Crippen LogP contribution < -0.4 is 15.5 Å². The molecule has 0 saturated carbocycles. The van der Waals surface area contributed by atoms with Gasteiger partial charge in [-0.25, -0.2) is 0 Å². The number of aryl methyl sites for hydroxylation is 1. The molecular formula is C16H24ClN3O2. The number of para-hydroxylation sites is 1. The zero-order chi connectivity index (χ0) is 15.2. The molecule has 0 saturated heterocycles. The molecular weight excluding hydrogens is 302 g/mol. The van der Waals surface area contributed by atoms with Crippen molar-refractivity contribution in [2.75, 3.05) is 31.6 Å². The van der Waals surface area contributed by atoms with Gasteiger partial charge in [0.25, 0.3) is 0 Å². The van der Waals surface area contributed by atoms with Gasteiger partial charge in [0.15, 0.2) is 0 Å². The first-order valence-corrected chi connectivity index (χ1v) is 7.44. The molecule has 0 aliphatic carbocycles. The number of anilines is 1. The first-order valence-electron chi connectivity index (χ1n) is 7.44. The topological polar surface area (TPSA) is 61.4 Å². The molecule has 1 unspecified atom stereocenters. The number of nitrogens with one attached hydrogen (secondary N) is 2. The number of nitrogens with zero attached hydrogens (tertiary/aromatic N) is 1. The van der Waals surface area contributed by atoms with Crippen molar-refractivity contribution >= 4 is 29.9 Å². The zero-order valence-electron chi connectivity index (χ0n) is 13.1. The SMILES string of the molecule is CNCC(C)C(=O)NCC(=O)N1CCCc2ccccc21.Cl. The highest BCUT2D eigenvalue weighted by Gasteiger charge is 2.22. The van der Waals surface area contributed by atoms with E-state index in [4.69, 9.17) is 0 Å². The average molecular weight is 326 g/mol. The van der Waals surface area contributed by atoms with Crippen molar-refractivity contribution in [1.29, 1.82) is 0 Å². The van der Waals surface area contributed by atoms with E-state index in [1.54, 1.807) is 11.9 Å². The molecule has 22 heavy (non-hydrogen) atoms. The van der Waals surface area contributed by atoms with Crippen LogP contribution in [0, 0.1) is 5.92 Å². The van der Waals surface area contributed by atoms with Gasteiger partial charge >= 0.3 is 0 Å². The van der Waals surface area contributed by atoms with Crippen molar-refractivity contribution in [3.8, 4) is 0 Å². The van der Waals surface area contributed by atoms with Crippen molar-refractivity contribution in [2.24, 2.45) is 5.92 Å². The lowest BCUT2D eigenvalue weighted by Gasteiger charge is -2.29. The Morgan fingerprint density at radius 1 is 1.32 bits per heavy atom. The maximum Gasteiger partial charge on any atom is 0.246 e. The lowest BCUT2D eigenvalue weighted by atomic mass is 10.0. The highest BCUT2D eigenvalue weighted by Crippen LogP contribution is 2.26. The van der Waals surface area contributed by atoms with Gasteiger partial charge in [-0.2, -0.15) is 0 Å². The normalized spacial score (nSPS) is 14.5. The number of fused-ring (bicyclic) bond motifs is 1. The largest absolute Gasteiger partial charge is 0.347 e.